The molecule has 0 heterocycles. The summed E-state index contributed by atoms with van der Waals surface area (Å²) in [5.41, 5.74) is 0. The van der Waals surface area contributed by atoms with Gasteiger partial charge >= 0.3 is 5.97 Å². The van der Waals surface area contributed by atoms with Crippen molar-refractivity contribution in [1.82, 2.24) is 0 Å². The summed E-state index contributed by atoms with van der Waals surface area (Å²) in [7, 11) is 0. The Morgan fingerprint density at radius 3 is 2.22 bits per heavy atom. The Balaban J connectivity index is 3.63. The lowest BCUT2D eigenvalue weighted by molar-refractivity contribution is -0.134. The first-order valence-corrected chi connectivity index (χ1v) is 2.32. The molecule has 0 atom stereocenters. The summed E-state index contributed by atoms with van der Waals surface area (Å²) in [5.74, 6) is 1.21. The van der Waals surface area contributed by atoms with Crippen molar-refractivity contribution < 1.29 is 14.3 Å². The van der Waals surface area contributed by atoms with E-state index in [0.717, 1.165) is 0 Å². The molecule has 0 N–H and O–H groups in total. The number of rotatable bonds is 0. The molecule has 0 aliphatic rings. The van der Waals surface area contributed by atoms with E-state index in [4.69, 9.17) is 0 Å². The smallest absolute Gasteiger partial charge is 0.316 e. The summed E-state index contributed by atoms with van der Waals surface area (Å²) >= 11 is 0. The Hall–Kier alpha value is -1.30. The normalized spacial score (nSPS) is 6.89. The molecule has 0 saturated heterocycles. The lowest BCUT2D eigenvalue weighted by Crippen LogP contribution is -1.91. The molecule has 0 amide bonds. The van der Waals surface area contributed by atoms with Crippen LogP contribution >= 0.6 is 0 Å². The third-order valence-electron chi connectivity index (χ3n) is 0.422. The van der Waals surface area contributed by atoms with Gasteiger partial charge in [-0.2, -0.15) is 0 Å². The Kier molecular flexibility index (Phi) is 3.14. The average Bonchev–Trinajstić information content (AvgIpc) is 1.63. The monoisotopic (exact) mass is 126 g/mol. The van der Waals surface area contributed by atoms with Crippen molar-refractivity contribution in [3.05, 3.63) is 0 Å². The van der Waals surface area contributed by atoms with Crippen molar-refractivity contribution in [3.8, 4) is 12.0 Å². The van der Waals surface area contributed by atoms with E-state index in [-0.39, 0.29) is 5.78 Å². The van der Waals surface area contributed by atoms with Gasteiger partial charge in [0.1, 0.15) is 6.11 Å². The van der Waals surface area contributed by atoms with Crippen LogP contribution in [0.3, 0.4) is 0 Å². The maximum absolute atomic E-state index is 10.1. The second-order valence-electron chi connectivity index (χ2n) is 1.38. The summed E-state index contributed by atoms with van der Waals surface area (Å²) in [6, 6.07) is 0. The van der Waals surface area contributed by atoms with E-state index in [1.807, 2.05) is 12.0 Å². The van der Waals surface area contributed by atoms with E-state index in [1.165, 1.54) is 13.8 Å². The number of hydrogen-bond acceptors (Lipinski definition) is 3. The highest BCUT2D eigenvalue weighted by Gasteiger charge is 1.84. The first-order valence-electron chi connectivity index (χ1n) is 2.32. The van der Waals surface area contributed by atoms with Crippen LogP contribution in [0.1, 0.15) is 13.8 Å². The van der Waals surface area contributed by atoms with Crippen LogP contribution in [0.5, 0.6) is 0 Å². The topological polar surface area (TPSA) is 43.4 Å². The Bertz CT molecular complexity index is 182. The number of hydrogen-bond donors (Lipinski definition) is 0. The van der Waals surface area contributed by atoms with Crippen LogP contribution in [0.15, 0.2) is 0 Å². The third kappa shape index (κ3) is 6.70. The predicted octanol–water partition coefficient (Wildman–Crippen LogP) is 0.0994. The number of esters is 1. The number of carbonyl (C=O) groups is 2. The number of ether oxygens (including phenoxy) is 1. The van der Waals surface area contributed by atoms with E-state index in [2.05, 4.69) is 4.74 Å². The Morgan fingerprint density at radius 2 is 1.89 bits per heavy atom. The molecule has 3 nitrogen and oxygen atoms in total. The van der Waals surface area contributed by atoms with Crippen LogP contribution in [-0.4, -0.2) is 11.8 Å². The molecule has 0 aromatic heterocycles. The quantitative estimate of drug-likeness (QED) is 0.341. The van der Waals surface area contributed by atoms with Gasteiger partial charge in [0.05, 0.1) is 0 Å². The minimum atomic E-state index is -0.510. The van der Waals surface area contributed by atoms with Gasteiger partial charge in [0.15, 0.2) is 0 Å². The van der Waals surface area contributed by atoms with Crippen LogP contribution in [-0.2, 0) is 14.3 Å². The van der Waals surface area contributed by atoms with Crippen LogP contribution in [0.2, 0.25) is 0 Å². The van der Waals surface area contributed by atoms with Gasteiger partial charge in [-0.25, -0.2) is 0 Å². The van der Waals surface area contributed by atoms with Gasteiger partial charge in [-0.15, -0.1) is 0 Å². The van der Waals surface area contributed by atoms with E-state index in [0.29, 0.717) is 0 Å². The molecule has 0 radical (unpaired) electrons. The third-order valence-corrected chi connectivity index (χ3v) is 0.422. The maximum Gasteiger partial charge on any atom is 0.316 e. The molecule has 9 heavy (non-hydrogen) atoms. The summed E-state index contributed by atoms with van der Waals surface area (Å²) in [6.07, 6.45) is 1.94. The molecular weight excluding hydrogens is 120 g/mol. The van der Waals surface area contributed by atoms with E-state index in [1.54, 1.807) is 0 Å². The fourth-order valence-electron chi connectivity index (χ4n) is 0.169. The molecule has 48 valence electrons. The van der Waals surface area contributed by atoms with Gasteiger partial charge in [0, 0.05) is 19.8 Å². The highest BCUT2D eigenvalue weighted by Crippen LogP contribution is 1.70. The number of Topliss-reactive ketones (excluding diaryl/α,β-unsaturated/α-hetero) is 1. The van der Waals surface area contributed by atoms with E-state index < -0.39 is 5.97 Å². The number of carbonyl (C=O) groups excluding carboxylic acids is 2. The van der Waals surface area contributed by atoms with Gasteiger partial charge in [0.25, 0.3) is 0 Å². The first-order chi connectivity index (χ1) is 4.13. The zero-order valence-electron chi connectivity index (χ0n) is 5.22. The molecule has 0 aromatic rings. The van der Waals surface area contributed by atoms with Crippen LogP contribution < -0.4 is 0 Å². The summed E-state index contributed by atoms with van der Waals surface area (Å²) in [6.45, 7) is 2.51. The molecule has 0 bridgehead atoms. The molecule has 0 saturated carbocycles. The molecule has 0 rings (SSSR count). The Morgan fingerprint density at radius 1 is 1.33 bits per heavy atom. The molecular formula is C6H6O3. The van der Waals surface area contributed by atoms with E-state index >= 15 is 0 Å². The minimum Gasteiger partial charge on any atom is -0.372 e. The van der Waals surface area contributed by atoms with E-state index in [9.17, 15) is 9.59 Å². The predicted molar refractivity (Wildman–Crippen MR) is 30.2 cm³/mol. The van der Waals surface area contributed by atoms with Gasteiger partial charge in [-0.1, -0.05) is 0 Å². The molecule has 0 unspecified atom stereocenters. The SMILES string of the molecule is CC(=O)C#COC(C)=O. The summed E-state index contributed by atoms with van der Waals surface area (Å²) in [4.78, 5) is 20.0. The fraction of sp³-hybridized carbons (Fsp3) is 0.333. The van der Waals surface area contributed by atoms with Gasteiger partial charge in [-0.05, 0) is 0 Å². The molecule has 0 aliphatic carbocycles. The Labute approximate surface area is 53.0 Å². The molecule has 0 fully saturated rings. The lowest BCUT2D eigenvalue weighted by atomic mass is 10.5. The fourth-order valence-corrected chi connectivity index (χ4v) is 0.169. The first kappa shape index (κ1) is 7.70. The van der Waals surface area contributed by atoms with Crippen molar-refractivity contribution >= 4 is 11.8 Å². The largest absolute Gasteiger partial charge is 0.372 e. The second kappa shape index (κ2) is 3.67. The second-order valence-corrected chi connectivity index (χ2v) is 1.38. The standard InChI is InChI=1S/C6H6O3/c1-5(7)3-4-9-6(2)8/h1-2H3. The van der Waals surface area contributed by atoms with Crippen molar-refractivity contribution in [2.45, 2.75) is 13.8 Å². The van der Waals surface area contributed by atoms with Gasteiger partial charge in [-0.3, -0.25) is 9.59 Å². The van der Waals surface area contributed by atoms with Crippen LogP contribution in [0, 0.1) is 12.0 Å². The van der Waals surface area contributed by atoms with Gasteiger partial charge in [0.2, 0.25) is 5.78 Å². The highest BCUT2D eigenvalue weighted by molar-refractivity contribution is 5.93. The molecule has 0 aromatic carbocycles. The molecule has 0 spiro atoms. The zero-order valence-corrected chi connectivity index (χ0v) is 5.22. The summed E-state index contributed by atoms with van der Waals surface area (Å²) in [5, 5.41) is 0. The van der Waals surface area contributed by atoms with Crippen molar-refractivity contribution in [3.63, 3.8) is 0 Å². The van der Waals surface area contributed by atoms with Crippen LogP contribution in [0.25, 0.3) is 0 Å². The lowest BCUT2D eigenvalue weighted by Gasteiger charge is -1.80. The molecule has 3 heteroatoms. The zero-order chi connectivity index (χ0) is 7.28. The van der Waals surface area contributed by atoms with Crippen molar-refractivity contribution in [2.24, 2.45) is 0 Å². The summed E-state index contributed by atoms with van der Waals surface area (Å²) < 4.78 is 4.13. The highest BCUT2D eigenvalue weighted by atomic mass is 16.5. The van der Waals surface area contributed by atoms with Crippen molar-refractivity contribution in [2.75, 3.05) is 0 Å². The maximum atomic E-state index is 10.1. The van der Waals surface area contributed by atoms with Crippen LogP contribution in [0.4, 0.5) is 0 Å². The average molecular weight is 126 g/mol. The van der Waals surface area contributed by atoms with Gasteiger partial charge < -0.3 is 4.74 Å². The minimum absolute atomic E-state index is 0.323. The van der Waals surface area contributed by atoms with Crippen molar-refractivity contribution in [1.29, 1.82) is 0 Å². The molecule has 0 aliphatic heterocycles. The number of ketones is 1.